The molecular formula is C18H31Cl6FN6O4P2. The normalized spacial score (nSPS) is 27.0. The zero-order valence-corrected chi connectivity index (χ0v) is 27.2. The van der Waals surface area contributed by atoms with Crippen LogP contribution in [0, 0.1) is 0 Å². The fraction of sp³-hybridized carbons (Fsp3) is 0.667. The van der Waals surface area contributed by atoms with Crippen LogP contribution in [0.3, 0.4) is 0 Å². The quantitative estimate of drug-likeness (QED) is 0.343. The van der Waals surface area contributed by atoms with Crippen LogP contribution in [0.5, 0.6) is 0 Å². The van der Waals surface area contributed by atoms with Crippen LogP contribution in [0.25, 0.3) is 11.0 Å². The molecule has 37 heavy (non-hydrogen) atoms. The van der Waals surface area contributed by atoms with Crippen LogP contribution in [0.4, 0.5) is 4.20 Å². The van der Waals surface area contributed by atoms with Gasteiger partial charge < -0.3 is 0 Å². The van der Waals surface area contributed by atoms with E-state index >= 15 is 0 Å². The Morgan fingerprint density at radius 3 is 1.49 bits per heavy atom. The first kappa shape index (κ1) is 35.6. The Morgan fingerprint density at radius 2 is 1.16 bits per heavy atom. The molecule has 10 nitrogen and oxygen atoms in total. The van der Waals surface area contributed by atoms with Crippen LogP contribution in [0.1, 0.15) is 0 Å². The summed E-state index contributed by atoms with van der Waals surface area (Å²) < 4.78 is 31.7. The third kappa shape index (κ3) is 9.56. The van der Waals surface area contributed by atoms with E-state index in [1.807, 2.05) is 66.6 Å². The fourth-order valence-electron chi connectivity index (χ4n) is 3.53. The molecule has 216 valence electrons. The molecular weight excluding hydrogens is 658 g/mol. The molecule has 0 amide bonds. The SMILES string of the molecule is CN(C)[PH](On1nnc2ccccc21)(N(C)C)N(C)C.Cl[C@H]1[C@H](Cl)[C@@H](Cl)[C@@H](Cl)[C@H](Cl)[C@H]1Cl.O=P(O)(O)F. The second kappa shape index (κ2) is 15.0. The first-order valence-corrected chi connectivity index (χ1v) is 16.3. The van der Waals surface area contributed by atoms with Crippen molar-refractivity contribution < 1.29 is 23.2 Å². The molecule has 1 fully saturated rings. The molecule has 0 saturated heterocycles. The maximum atomic E-state index is 10.4. The zero-order chi connectivity index (χ0) is 28.9. The molecule has 0 spiro atoms. The summed E-state index contributed by atoms with van der Waals surface area (Å²) in [6.07, 6.45) is 0. The van der Waals surface area contributed by atoms with E-state index in [4.69, 9.17) is 88.6 Å². The summed E-state index contributed by atoms with van der Waals surface area (Å²) in [5.41, 5.74) is 1.70. The van der Waals surface area contributed by atoms with Crippen LogP contribution >= 0.6 is 85.5 Å². The number of benzene rings is 1. The smallest absolute Gasteiger partial charge is 0.299 e. The molecule has 3 rings (SSSR count). The molecule has 1 aliphatic rings. The predicted octanol–water partition coefficient (Wildman–Crippen LogP) is 4.65. The zero-order valence-electron chi connectivity index (χ0n) is 20.8. The summed E-state index contributed by atoms with van der Waals surface area (Å²) in [5.74, 6) is 0. The van der Waals surface area contributed by atoms with Gasteiger partial charge in [-0.1, -0.05) is 0 Å². The van der Waals surface area contributed by atoms with E-state index in [2.05, 4.69) is 24.3 Å². The summed E-state index contributed by atoms with van der Waals surface area (Å²) in [5, 5.41) is 5.64. The van der Waals surface area contributed by atoms with Crippen LogP contribution in [-0.4, -0.2) is 114 Å². The van der Waals surface area contributed by atoms with Gasteiger partial charge in [-0.15, -0.1) is 73.8 Å². The summed E-state index contributed by atoms with van der Waals surface area (Å²) in [6, 6.07) is 7.77. The van der Waals surface area contributed by atoms with Crippen molar-refractivity contribution in [2.75, 3.05) is 42.3 Å². The molecule has 1 saturated carbocycles. The van der Waals surface area contributed by atoms with Crippen molar-refractivity contribution >= 4 is 96.5 Å². The van der Waals surface area contributed by atoms with E-state index in [0.717, 1.165) is 11.0 Å². The number of hydrogen-bond acceptors (Lipinski definition) is 7. The Balaban J connectivity index is 0.000000340. The number of halogens is 7. The standard InChI is InChI=1S/C12H23N6OP.C6H6Cl6.FH2O3P/c1-15(2)20(16(3)4,17(5)6)19-18-12-10-8-7-9-11(12)13-14-18;7-1-2(8)4(10)6(12)5(11)3(1)9;1-5(2,3)4/h7-10,20H,1-6H3;1-6H;(H2,2,3,4)/t;1-,2-,3-,4+,5+,6+;. The predicted molar refractivity (Wildman–Crippen MR) is 154 cm³/mol. The van der Waals surface area contributed by atoms with Gasteiger partial charge in [0.05, 0.1) is 32.3 Å². The number of alkyl halides is 6. The number of aromatic nitrogens is 3. The number of nitrogens with zero attached hydrogens (tertiary/aromatic N) is 6. The monoisotopic (exact) mass is 686 g/mol. The maximum Gasteiger partial charge on any atom is 0.507 e. The van der Waals surface area contributed by atoms with Gasteiger partial charge in [-0.25, -0.2) is 4.57 Å². The van der Waals surface area contributed by atoms with E-state index in [1.54, 1.807) is 0 Å². The summed E-state index contributed by atoms with van der Waals surface area (Å²) in [6.45, 7) is 0. The van der Waals surface area contributed by atoms with E-state index in [1.165, 1.54) is 4.85 Å². The molecule has 2 N–H and O–H groups in total. The van der Waals surface area contributed by atoms with Crippen molar-refractivity contribution in [3.63, 3.8) is 0 Å². The maximum absolute atomic E-state index is 10.4. The molecule has 1 aliphatic carbocycles. The number of fused-ring (bicyclic) bond motifs is 1. The second-order valence-electron chi connectivity index (χ2n) is 8.44. The van der Waals surface area contributed by atoms with Gasteiger partial charge in [-0.05, 0) is 0 Å². The van der Waals surface area contributed by atoms with Crippen molar-refractivity contribution in [2.45, 2.75) is 32.3 Å². The average Bonchev–Trinajstić information content (AvgIpc) is 3.20. The Labute approximate surface area is 246 Å². The number of rotatable bonds is 5. The Morgan fingerprint density at radius 1 is 0.838 bits per heavy atom. The Bertz CT molecular complexity index is 949. The molecule has 19 heteroatoms. The third-order valence-electron chi connectivity index (χ3n) is 5.10. The van der Waals surface area contributed by atoms with Crippen molar-refractivity contribution in [3.8, 4) is 0 Å². The average molecular weight is 689 g/mol. The van der Waals surface area contributed by atoms with Crippen LogP contribution < -0.4 is 4.62 Å². The molecule has 0 aliphatic heterocycles. The minimum absolute atomic E-state index is 0.437. The molecule has 0 radical (unpaired) electrons. The Hall–Kier alpha value is 0.550. The summed E-state index contributed by atoms with van der Waals surface area (Å²) in [7, 11) is 4.49. The molecule has 2 aromatic rings. The van der Waals surface area contributed by atoms with Gasteiger partial charge in [-0.2, -0.15) is 0 Å². The fourth-order valence-corrected chi connectivity index (χ4v) is 9.11. The van der Waals surface area contributed by atoms with Crippen LogP contribution in [0.15, 0.2) is 24.3 Å². The third-order valence-corrected chi connectivity index (χ3v) is 13.0. The van der Waals surface area contributed by atoms with E-state index < -0.39 is 48.1 Å². The van der Waals surface area contributed by atoms with E-state index in [-0.39, 0.29) is 0 Å². The van der Waals surface area contributed by atoms with Crippen molar-refractivity contribution in [3.05, 3.63) is 24.3 Å². The first-order chi connectivity index (χ1) is 16.9. The number of para-hydroxylation sites is 1. The van der Waals surface area contributed by atoms with Gasteiger partial charge in [0.15, 0.2) is 0 Å². The molecule has 0 unspecified atom stereocenters. The van der Waals surface area contributed by atoms with Crippen LogP contribution in [0.2, 0.25) is 0 Å². The van der Waals surface area contributed by atoms with E-state index in [0.29, 0.717) is 0 Å². The Kier molecular flexibility index (Phi) is 14.4. The van der Waals surface area contributed by atoms with Gasteiger partial charge in [0.2, 0.25) is 0 Å². The molecule has 1 heterocycles. The van der Waals surface area contributed by atoms with Crippen molar-refractivity contribution in [2.24, 2.45) is 0 Å². The van der Waals surface area contributed by atoms with Gasteiger partial charge >= 0.3 is 127 Å². The minimum Gasteiger partial charge on any atom is -0.299 e. The largest absolute Gasteiger partial charge is 0.507 e. The van der Waals surface area contributed by atoms with Gasteiger partial charge in [0, 0.05) is 0 Å². The minimum atomic E-state index is -5.14. The number of hydrogen-bond donors (Lipinski definition) is 2. The van der Waals surface area contributed by atoms with Gasteiger partial charge in [-0.3, -0.25) is 9.79 Å². The first-order valence-electron chi connectivity index (χ1n) is 10.5. The van der Waals surface area contributed by atoms with Crippen LogP contribution in [-0.2, 0) is 4.57 Å². The van der Waals surface area contributed by atoms with E-state index in [9.17, 15) is 4.20 Å². The molecule has 1 aromatic heterocycles. The molecule has 0 atom stereocenters. The molecule has 1 aromatic carbocycles. The van der Waals surface area contributed by atoms with Crippen molar-refractivity contribution in [1.29, 1.82) is 0 Å². The molecule has 0 bridgehead atoms. The van der Waals surface area contributed by atoms with Gasteiger partial charge in [0.25, 0.3) is 0 Å². The summed E-state index contributed by atoms with van der Waals surface area (Å²) in [4.78, 5) is 15.5. The van der Waals surface area contributed by atoms with Gasteiger partial charge in [0.1, 0.15) is 0 Å². The summed E-state index contributed by atoms with van der Waals surface area (Å²) >= 11 is 35.3. The topological polar surface area (TPSA) is 107 Å². The second-order valence-corrected chi connectivity index (χ2v) is 16.4. The van der Waals surface area contributed by atoms with Crippen molar-refractivity contribution in [1.82, 2.24) is 29.2 Å².